The molecule has 1 heterocycles. The lowest BCUT2D eigenvalue weighted by Crippen LogP contribution is -2.44. The van der Waals surface area contributed by atoms with Gasteiger partial charge in [0.1, 0.15) is 5.78 Å². The summed E-state index contributed by atoms with van der Waals surface area (Å²) in [5, 5.41) is 0. The van der Waals surface area contributed by atoms with Crippen molar-refractivity contribution in [1.29, 1.82) is 0 Å². The molecule has 2 saturated carbocycles. The van der Waals surface area contributed by atoms with Crippen LogP contribution in [0, 0.1) is 11.3 Å². The van der Waals surface area contributed by atoms with Gasteiger partial charge in [0.15, 0.2) is 0 Å². The molecule has 0 aromatic rings. The molecular weight excluding hydrogens is 236 g/mol. The average molecular weight is 264 g/mol. The van der Waals surface area contributed by atoms with Crippen LogP contribution in [0.3, 0.4) is 0 Å². The summed E-state index contributed by atoms with van der Waals surface area (Å²) in [5.74, 6) is 0.858. The van der Waals surface area contributed by atoms with E-state index in [1.54, 1.807) is 0 Å². The number of Topliss-reactive ketones (excluding diaryl/α,β-unsaturated/α-hetero) is 1. The van der Waals surface area contributed by atoms with E-state index in [-0.39, 0.29) is 16.9 Å². The molecule has 0 aromatic carbocycles. The first-order valence-corrected chi connectivity index (χ1v) is 8.32. The average Bonchev–Trinajstić information content (AvgIpc) is 2.87. The van der Waals surface area contributed by atoms with E-state index in [1.165, 1.54) is 44.9 Å². The van der Waals surface area contributed by atoms with Crippen LogP contribution in [0.2, 0.25) is 0 Å². The van der Waals surface area contributed by atoms with E-state index in [2.05, 4.69) is 6.92 Å². The number of ketones is 1. The Kier molecular flexibility index (Phi) is 3.72. The van der Waals surface area contributed by atoms with Crippen molar-refractivity contribution in [3.05, 3.63) is 0 Å². The van der Waals surface area contributed by atoms with Gasteiger partial charge in [0.25, 0.3) is 0 Å². The van der Waals surface area contributed by atoms with Crippen LogP contribution in [0.25, 0.3) is 0 Å². The fourth-order valence-electron chi connectivity index (χ4n) is 4.69. The van der Waals surface area contributed by atoms with Crippen LogP contribution in [0.1, 0.15) is 77.6 Å². The normalized spacial score (nSPS) is 33.4. The summed E-state index contributed by atoms with van der Waals surface area (Å²) in [5.41, 5.74) is 0.0731. The van der Waals surface area contributed by atoms with Gasteiger partial charge in [0.05, 0.1) is 5.60 Å². The summed E-state index contributed by atoms with van der Waals surface area (Å²) in [7, 11) is 0. The highest BCUT2D eigenvalue weighted by molar-refractivity contribution is 5.87. The number of carbonyl (C=O) groups excluding carboxylic acids is 1. The third kappa shape index (κ3) is 2.61. The lowest BCUT2D eigenvalue weighted by Gasteiger charge is -2.42. The second-order valence-corrected chi connectivity index (χ2v) is 7.41. The Bertz CT molecular complexity index is 335. The summed E-state index contributed by atoms with van der Waals surface area (Å²) in [6.07, 6.45) is 13.0. The van der Waals surface area contributed by atoms with E-state index >= 15 is 0 Å². The number of ether oxygens (including phenoxy) is 1. The maximum Gasteiger partial charge on any atom is 0.142 e. The second-order valence-electron chi connectivity index (χ2n) is 7.41. The van der Waals surface area contributed by atoms with Crippen molar-refractivity contribution in [1.82, 2.24) is 0 Å². The summed E-state index contributed by atoms with van der Waals surface area (Å²) < 4.78 is 6.07. The van der Waals surface area contributed by atoms with Crippen LogP contribution < -0.4 is 0 Å². The minimum atomic E-state index is -0.0138. The Morgan fingerprint density at radius 2 is 1.63 bits per heavy atom. The molecule has 0 aromatic heterocycles. The molecule has 1 spiro atoms. The summed E-state index contributed by atoms with van der Waals surface area (Å²) in [6, 6.07) is 0. The highest BCUT2D eigenvalue weighted by atomic mass is 16.5. The lowest BCUT2D eigenvalue weighted by molar-refractivity contribution is -0.146. The van der Waals surface area contributed by atoms with Crippen molar-refractivity contribution < 1.29 is 9.53 Å². The molecule has 1 aliphatic heterocycles. The van der Waals surface area contributed by atoms with Gasteiger partial charge in [-0.3, -0.25) is 4.79 Å². The Balaban J connectivity index is 1.69. The van der Waals surface area contributed by atoms with Crippen molar-refractivity contribution >= 4 is 5.78 Å². The molecule has 2 heteroatoms. The first-order chi connectivity index (χ1) is 9.14. The summed E-state index contributed by atoms with van der Waals surface area (Å²) in [4.78, 5) is 13.0. The molecule has 3 aliphatic rings. The van der Waals surface area contributed by atoms with Crippen LogP contribution in [-0.2, 0) is 9.53 Å². The van der Waals surface area contributed by atoms with Crippen LogP contribution >= 0.6 is 0 Å². The largest absolute Gasteiger partial charge is 0.375 e. The van der Waals surface area contributed by atoms with E-state index in [1.807, 2.05) is 0 Å². The molecule has 3 rings (SSSR count). The SMILES string of the molecule is CC1(C(=O)C2CCOC3(CCCC3)C2)CCCCC1. The van der Waals surface area contributed by atoms with Crippen LogP contribution in [-0.4, -0.2) is 18.0 Å². The highest BCUT2D eigenvalue weighted by Gasteiger charge is 2.46. The smallest absolute Gasteiger partial charge is 0.142 e. The Labute approximate surface area is 117 Å². The number of rotatable bonds is 2. The van der Waals surface area contributed by atoms with E-state index in [4.69, 9.17) is 4.74 Å². The topological polar surface area (TPSA) is 26.3 Å². The maximum absolute atomic E-state index is 13.0. The molecule has 0 N–H and O–H groups in total. The fraction of sp³-hybridized carbons (Fsp3) is 0.941. The van der Waals surface area contributed by atoms with Gasteiger partial charge in [-0.15, -0.1) is 0 Å². The van der Waals surface area contributed by atoms with Gasteiger partial charge in [0, 0.05) is 17.9 Å². The molecule has 2 nitrogen and oxygen atoms in total. The molecular formula is C17H28O2. The molecule has 108 valence electrons. The van der Waals surface area contributed by atoms with Crippen molar-refractivity contribution in [2.24, 2.45) is 11.3 Å². The molecule has 0 bridgehead atoms. The molecule has 1 saturated heterocycles. The Morgan fingerprint density at radius 3 is 2.32 bits per heavy atom. The van der Waals surface area contributed by atoms with Crippen LogP contribution in [0.15, 0.2) is 0 Å². The van der Waals surface area contributed by atoms with Gasteiger partial charge in [-0.2, -0.15) is 0 Å². The zero-order valence-electron chi connectivity index (χ0n) is 12.4. The predicted octanol–water partition coefficient (Wildman–Crippen LogP) is 4.27. The quantitative estimate of drug-likeness (QED) is 0.744. The van der Waals surface area contributed by atoms with Crippen molar-refractivity contribution in [3.8, 4) is 0 Å². The van der Waals surface area contributed by atoms with Crippen molar-refractivity contribution in [3.63, 3.8) is 0 Å². The van der Waals surface area contributed by atoms with Crippen LogP contribution in [0.4, 0.5) is 0 Å². The van der Waals surface area contributed by atoms with Crippen molar-refractivity contribution in [2.45, 2.75) is 83.2 Å². The standard InChI is InChI=1S/C17H28O2/c1-16(8-3-2-4-9-16)15(18)14-7-12-19-17(13-14)10-5-6-11-17/h14H,2-13H2,1H3. The third-order valence-electron chi connectivity index (χ3n) is 5.93. The van der Waals surface area contributed by atoms with Gasteiger partial charge in [-0.1, -0.05) is 39.0 Å². The Morgan fingerprint density at radius 1 is 1.00 bits per heavy atom. The highest BCUT2D eigenvalue weighted by Crippen LogP contribution is 2.46. The molecule has 3 fully saturated rings. The van der Waals surface area contributed by atoms with E-state index in [0.717, 1.165) is 32.3 Å². The molecule has 0 amide bonds. The predicted molar refractivity (Wildman–Crippen MR) is 76.1 cm³/mol. The van der Waals surface area contributed by atoms with Gasteiger partial charge in [-0.05, 0) is 38.5 Å². The first kappa shape index (κ1) is 13.6. The summed E-state index contributed by atoms with van der Waals surface area (Å²) >= 11 is 0. The van der Waals surface area contributed by atoms with E-state index in [9.17, 15) is 4.79 Å². The lowest BCUT2D eigenvalue weighted by atomic mass is 9.67. The molecule has 1 unspecified atom stereocenters. The van der Waals surface area contributed by atoms with Crippen molar-refractivity contribution in [2.75, 3.05) is 6.61 Å². The third-order valence-corrected chi connectivity index (χ3v) is 5.93. The maximum atomic E-state index is 13.0. The molecule has 19 heavy (non-hydrogen) atoms. The summed E-state index contributed by atoms with van der Waals surface area (Å²) in [6.45, 7) is 3.04. The number of carbonyl (C=O) groups is 1. The first-order valence-electron chi connectivity index (χ1n) is 8.32. The molecule has 0 radical (unpaired) electrons. The van der Waals surface area contributed by atoms with E-state index < -0.39 is 0 Å². The second kappa shape index (κ2) is 5.20. The van der Waals surface area contributed by atoms with E-state index in [0.29, 0.717) is 5.78 Å². The van der Waals surface area contributed by atoms with Gasteiger partial charge >= 0.3 is 0 Å². The number of hydrogen-bond acceptors (Lipinski definition) is 2. The zero-order chi connectivity index (χ0) is 13.3. The minimum Gasteiger partial charge on any atom is -0.375 e. The number of hydrogen-bond donors (Lipinski definition) is 0. The van der Waals surface area contributed by atoms with Gasteiger partial charge in [0.2, 0.25) is 0 Å². The molecule has 2 aliphatic carbocycles. The zero-order valence-corrected chi connectivity index (χ0v) is 12.4. The van der Waals surface area contributed by atoms with Gasteiger partial charge < -0.3 is 4.74 Å². The monoisotopic (exact) mass is 264 g/mol. The molecule has 1 atom stereocenters. The van der Waals surface area contributed by atoms with Crippen LogP contribution in [0.5, 0.6) is 0 Å². The minimum absolute atomic E-state index is 0.0138. The Hall–Kier alpha value is -0.370. The van der Waals surface area contributed by atoms with Gasteiger partial charge in [-0.25, -0.2) is 0 Å². The fourth-order valence-corrected chi connectivity index (χ4v) is 4.69.